The largest absolute Gasteiger partial charge is 0.365 e. The number of aromatic nitrogens is 2. The second kappa shape index (κ2) is 7.69. The number of hydrogen-bond acceptors (Lipinski definition) is 2. The van der Waals surface area contributed by atoms with Crippen molar-refractivity contribution in [3.63, 3.8) is 0 Å². The molecule has 1 N–H and O–H groups in total. The fourth-order valence-corrected chi connectivity index (χ4v) is 3.67. The maximum Gasteiger partial charge on any atom is 0.241 e. The summed E-state index contributed by atoms with van der Waals surface area (Å²) >= 11 is 20.0. The molecule has 1 aromatic carbocycles. The van der Waals surface area contributed by atoms with Gasteiger partial charge < -0.3 is 4.74 Å². The van der Waals surface area contributed by atoms with E-state index < -0.39 is 0 Å². The molecule has 2 heterocycles. The number of imidazole rings is 1. The number of H-pyrrole nitrogens is 1. The maximum absolute atomic E-state index is 6.35. The first-order valence-electron chi connectivity index (χ1n) is 6.93. The number of hydrogen-bond donors (Lipinski definition) is 1. The van der Waals surface area contributed by atoms with Crippen molar-refractivity contribution in [1.82, 2.24) is 4.98 Å². The summed E-state index contributed by atoms with van der Waals surface area (Å²) in [6.07, 6.45) is 5.46. The number of halogens is 3. The summed E-state index contributed by atoms with van der Waals surface area (Å²) in [5, 5.41) is 3.15. The Morgan fingerprint density at radius 2 is 2.09 bits per heavy atom. The molecule has 3 rings (SSSR count). The van der Waals surface area contributed by atoms with Crippen LogP contribution in [0.25, 0.3) is 0 Å². The van der Waals surface area contributed by atoms with E-state index in [1.807, 2.05) is 46.9 Å². The molecular weight excluding hydrogens is 375 g/mol. The molecule has 0 amide bonds. The van der Waals surface area contributed by atoms with Gasteiger partial charge in [0.25, 0.3) is 0 Å². The Morgan fingerprint density at radius 3 is 2.74 bits per heavy atom. The SMILES string of the molecule is Clc1ccc([C@H](C[n+]2cc[nH]c2)OCc2ccsc2Cl)c(Cl)c1. The minimum Gasteiger partial charge on any atom is -0.365 e. The molecule has 0 radical (unpaired) electrons. The van der Waals surface area contributed by atoms with Crippen molar-refractivity contribution in [2.45, 2.75) is 19.3 Å². The third kappa shape index (κ3) is 4.28. The minimum absolute atomic E-state index is 0.212. The third-order valence-electron chi connectivity index (χ3n) is 3.42. The lowest BCUT2D eigenvalue weighted by molar-refractivity contribution is -0.704. The Bertz CT molecular complexity index is 773. The van der Waals surface area contributed by atoms with Crippen LogP contribution in [0, 0.1) is 0 Å². The van der Waals surface area contributed by atoms with Gasteiger partial charge in [-0.15, -0.1) is 11.3 Å². The maximum atomic E-state index is 6.35. The molecule has 0 saturated heterocycles. The standard InChI is InChI=1S/C16H13Cl3N2OS/c17-12-1-2-13(14(18)7-12)15(8-21-5-4-20-10-21)22-9-11-3-6-23-16(11)19/h1-7,10,15H,8-9H2/p+1/t15-/m0/s1. The van der Waals surface area contributed by atoms with Crippen LogP contribution in [0.4, 0.5) is 0 Å². The predicted octanol–water partition coefficient (Wildman–Crippen LogP) is 5.28. The molecule has 0 unspecified atom stereocenters. The second-order valence-electron chi connectivity index (χ2n) is 4.99. The highest BCUT2D eigenvalue weighted by Crippen LogP contribution is 2.31. The molecule has 0 aliphatic rings. The van der Waals surface area contributed by atoms with E-state index >= 15 is 0 Å². The van der Waals surface area contributed by atoms with Gasteiger partial charge in [0.2, 0.25) is 6.33 Å². The average molecular weight is 389 g/mol. The van der Waals surface area contributed by atoms with E-state index in [-0.39, 0.29) is 6.10 Å². The minimum atomic E-state index is -0.212. The van der Waals surface area contributed by atoms with Gasteiger partial charge in [-0.25, -0.2) is 4.57 Å². The van der Waals surface area contributed by atoms with E-state index in [0.29, 0.717) is 23.2 Å². The van der Waals surface area contributed by atoms with Gasteiger partial charge in [0.15, 0.2) is 0 Å². The smallest absolute Gasteiger partial charge is 0.241 e. The molecule has 2 aromatic heterocycles. The van der Waals surface area contributed by atoms with Crippen LogP contribution in [0.1, 0.15) is 17.2 Å². The number of rotatable bonds is 6. The van der Waals surface area contributed by atoms with Crippen LogP contribution < -0.4 is 4.57 Å². The van der Waals surface area contributed by atoms with E-state index in [0.717, 1.165) is 15.5 Å². The van der Waals surface area contributed by atoms with Gasteiger partial charge >= 0.3 is 0 Å². The Kier molecular flexibility index (Phi) is 5.62. The van der Waals surface area contributed by atoms with Crippen molar-refractivity contribution < 1.29 is 9.30 Å². The lowest BCUT2D eigenvalue weighted by Gasteiger charge is -2.18. The highest BCUT2D eigenvalue weighted by Gasteiger charge is 2.20. The summed E-state index contributed by atoms with van der Waals surface area (Å²) in [5.41, 5.74) is 1.88. The molecule has 0 fully saturated rings. The fraction of sp³-hybridized carbons (Fsp3) is 0.188. The van der Waals surface area contributed by atoms with Crippen LogP contribution in [0.2, 0.25) is 14.4 Å². The number of nitrogens with zero attached hydrogens (tertiary/aromatic N) is 1. The Labute approximate surface area is 153 Å². The molecule has 0 aliphatic carbocycles. The zero-order chi connectivity index (χ0) is 16.2. The molecule has 0 aliphatic heterocycles. The van der Waals surface area contributed by atoms with E-state index in [1.54, 1.807) is 6.07 Å². The van der Waals surface area contributed by atoms with Gasteiger partial charge in [-0.2, -0.15) is 0 Å². The van der Waals surface area contributed by atoms with Gasteiger partial charge in [0.1, 0.15) is 25.0 Å². The Balaban J connectivity index is 1.82. The monoisotopic (exact) mass is 387 g/mol. The molecule has 1 atom stereocenters. The number of ether oxygens (including phenoxy) is 1. The highest BCUT2D eigenvalue weighted by molar-refractivity contribution is 7.14. The first kappa shape index (κ1) is 16.8. The van der Waals surface area contributed by atoms with E-state index in [2.05, 4.69) is 4.98 Å². The van der Waals surface area contributed by atoms with Gasteiger partial charge in [0.05, 0.1) is 10.9 Å². The zero-order valence-electron chi connectivity index (χ0n) is 12.0. The molecule has 120 valence electrons. The van der Waals surface area contributed by atoms with Crippen molar-refractivity contribution in [2.24, 2.45) is 0 Å². The van der Waals surface area contributed by atoms with E-state index in [4.69, 9.17) is 39.5 Å². The summed E-state index contributed by atoms with van der Waals surface area (Å²) in [7, 11) is 0. The van der Waals surface area contributed by atoms with Crippen LogP contribution in [0.3, 0.4) is 0 Å². The molecule has 3 aromatic rings. The average Bonchev–Trinajstić information content (AvgIpc) is 3.16. The predicted molar refractivity (Wildman–Crippen MR) is 94.3 cm³/mol. The van der Waals surface area contributed by atoms with Crippen molar-refractivity contribution in [2.75, 3.05) is 0 Å². The number of aromatic amines is 1. The first-order valence-corrected chi connectivity index (χ1v) is 8.95. The van der Waals surface area contributed by atoms with E-state index in [9.17, 15) is 0 Å². The van der Waals surface area contributed by atoms with Crippen LogP contribution in [0.5, 0.6) is 0 Å². The molecule has 0 saturated carbocycles. The van der Waals surface area contributed by atoms with Crippen molar-refractivity contribution in [1.29, 1.82) is 0 Å². The van der Waals surface area contributed by atoms with Crippen LogP contribution in [0.15, 0.2) is 48.4 Å². The molecule has 0 bridgehead atoms. The normalized spacial score (nSPS) is 12.5. The van der Waals surface area contributed by atoms with Crippen LogP contribution >= 0.6 is 46.1 Å². The van der Waals surface area contributed by atoms with Crippen molar-refractivity contribution >= 4 is 46.1 Å². The number of thiophene rings is 1. The summed E-state index contributed by atoms with van der Waals surface area (Å²) < 4.78 is 8.86. The van der Waals surface area contributed by atoms with Gasteiger partial charge in [-0.1, -0.05) is 40.9 Å². The number of nitrogens with one attached hydrogen (secondary N) is 1. The number of benzene rings is 1. The lowest BCUT2D eigenvalue weighted by Crippen LogP contribution is -2.35. The molecule has 7 heteroatoms. The molecule has 23 heavy (non-hydrogen) atoms. The Morgan fingerprint density at radius 1 is 1.22 bits per heavy atom. The van der Waals surface area contributed by atoms with E-state index in [1.165, 1.54) is 11.3 Å². The molecule has 0 spiro atoms. The summed E-state index contributed by atoms with van der Waals surface area (Å²) in [5.74, 6) is 0. The quantitative estimate of drug-likeness (QED) is 0.572. The topological polar surface area (TPSA) is 28.9 Å². The Hall–Kier alpha value is -1.04. The van der Waals surface area contributed by atoms with Crippen LogP contribution in [-0.4, -0.2) is 4.98 Å². The van der Waals surface area contributed by atoms with Gasteiger partial charge in [-0.05, 0) is 23.6 Å². The summed E-state index contributed by atoms with van der Waals surface area (Å²) in [6.45, 7) is 1.06. The summed E-state index contributed by atoms with van der Waals surface area (Å²) in [4.78, 5) is 3.02. The van der Waals surface area contributed by atoms with Crippen LogP contribution in [-0.2, 0) is 17.9 Å². The molecule has 3 nitrogen and oxygen atoms in total. The van der Waals surface area contributed by atoms with Crippen molar-refractivity contribution in [3.8, 4) is 0 Å². The first-order chi connectivity index (χ1) is 11.1. The molecular formula is C16H14Cl3N2OS+. The highest BCUT2D eigenvalue weighted by atomic mass is 35.5. The van der Waals surface area contributed by atoms with Crippen molar-refractivity contribution in [3.05, 3.63) is 73.9 Å². The zero-order valence-corrected chi connectivity index (χ0v) is 15.1. The third-order valence-corrected chi connectivity index (χ3v) is 5.24. The van der Waals surface area contributed by atoms with Gasteiger partial charge in [-0.3, -0.25) is 4.98 Å². The summed E-state index contributed by atoms with van der Waals surface area (Å²) in [6, 6.07) is 7.42. The fourth-order valence-electron chi connectivity index (χ4n) is 2.24. The van der Waals surface area contributed by atoms with Gasteiger partial charge in [0, 0.05) is 21.2 Å². The lowest BCUT2D eigenvalue weighted by atomic mass is 10.1. The second-order valence-corrected chi connectivity index (χ2v) is 7.36.